The molecule has 2 N–H and O–H groups in total. The summed E-state index contributed by atoms with van der Waals surface area (Å²) < 4.78 is 26.2. The number of amides is 1. The molecular weight excluding hydrogens is 336 g/mol. The standard InChI is InChI=1S/C20H17F2N3O/c1-12-4-3-5-13(2)19(12)24-15-7-9-18(23-11-15)25-20(26)14-6-8-16(21)17(22)10-14/h3-11,24H,1-2H3,(H,23,25,26). The van der Waals surface area contributed by atoms with E-state index in [2.05, 4.69) is 15.6 Å². The van der Waals surface area contributed by atoms with Crippen molar-refractivity contribution < 1.29 is 13.6 Å². The summed E-state index contributed by atoms with van der Waals surface area (Å²) >= 11 is 0. The maximum atomic E-state index is 13.2. The Morgan fingerprint density at radius 3 is 2.31 bits per heavy atom. The van der Waals surface area contributed by atoms with Crippen molar-refractivity contribution in [1.82, 2.24) is 4.98 Å². The van der Waals surface area contributed by atoms with E-state index in [0.29, 0.717) is 5.82 Å². The van der Waals surface area contributed by atoms with E-state index in [1.807, 2.05) is 32.0 Å². The number of hydrogen-bond acceptors (Lipinski definition) is 3. The lowest BCUT2D eigenvalue weighted by Crippen LogP contribution is -2.13. The summed E-state index contributed by atoms with van der Waals surface area (Å²) in [5.41, 5.74) is 4.02. The van der Waals surface area contributed by atoms with Gasteiger partial charge in [0.05, 0.1) is 11.9 Å². The van der Waals surface area contributed by atoms with Gasteiger partial charge in [-0.3, -0.25) is 4.79 Å². The molecule has 26 heavy (non-hydrogen) atoms. The average Bonchev–Trinajstić information content (AvgIpc) is 2.62. The van der Waals surface area contributed by atoms with Crippen molar-refractivity contribution in [2.45, 2.75) is 13.8 Å². The summed E-state index contributed by atoms with van der Waals surface area (Å²) in [5, 5.41) is 5.85. The molecule has 3 rings (SSSR count). The van der Waals surface area contributed by atoms with E-state index >= 15 is 0 Å². The van der Waals surface area contributed by atoms with Gasteiger partial charge in [0.1, 0.15) is 5.82 Å². The minimum atomic E-state index is -1.07. The Hall–Kier alpha value is -3.28. The number of nitrogens with one attached hydrogen (secondary N) is 2. The van der Waals surface area contributed by atoms with E-state index in [1.165, 1.54) is 6.07 Å². The molecule has 2 aromatic carbocycles. The Kier molecular flexibility index (Phi) is 4.93. The molecule has 0 saturated carbocycles. The van der Waals surface area contributed by atoms with Crippen LogP contribution in [0, 0.1) is 25.5 Å². The predicted octanol–water partition coefficient (Wildman–Crippen LogP) is 4.97. The SMILES string of the molecule is Cc1cccc(C)c1Nc1ccc(NC(=O)c2ccc(F)c(F)c2)nc1. The second kappa shape index (κ2) is 7.31. The third-order valence-corrected chi connectivity index (χ3v) is 3.94. The van der Waals surface area contributed by atoms with Crippen LogP contribution in [0.25, 0.3) is 0 Å². The van der Waals surface area contributed by atoms with Crippen molar-refractivity contribution in [2.75, 3.05) is 10.6 Å². The number of rotatable bonds is 4. The van der Waals surface area contributed by atoms with Gasteiger partial charge in [0.2, 0.25) is 0 Å². The zero-order chi connectivity index (χ0) is 18.7. The van der Waals surface area contributed by atoms with Gasteiger partial charge in [-0.2, -0.15) is 0 Å². The summed E-state index contributed by atoms with van der Waals surface area (Å²) in [6.45, 7) is 4.03. The Balaban J connectivity index is 1.71. The van der Waals surface area contributed by atoms with Gasteiger partial charge in [-0.1, -0.05) is 18.2 Å². The molecule has 0 unspecified atom stereocenters. The van der Waals surface area contributed by atoms with Crippen LogP contribution >= 0.6 is 0 Å². The van der Waals surface area contributed by atoms with Crippen molar-refractivity contribution in [3.63, 3.8) is 0 Å². The molecule has 0 radical (unpaired) electrons. The number of hydrogen-bond donors (Lipinski definition) is 2. The molecule has 0 atom stereocenters. The zero-order valence-corrected chi connectivity index (χ0v) is 14.3. The molecule has 6 heteroatoms. The molecule has 0 spiro atoms. The summed E-state index contributed by atoms with van der Waals surface area (Å²) in [6.07, 6.45) is 1.59. The molecule has 132 valence electrons. The quantitative estimate of drug-likeness (QED) is 0.696. The molecule has 1 aromatic heterocycles. The Bertz CT molecular complexity index is 936. The number of carbonyl (C=O) groups excluding carboxylic acids is 1. The first kappa shape index (κ1) is 17.5. The number of pyridine rings is 1. The largest absolute Gasteiger partial charge is 0.354 e. The van der Waals surface area contributed by atoms with Crippen LogP contribution in [-0.2, 0) is 0 Å². The summed E-state index contributed by atoms with van der Waals surface area (Å²) in [7, 11) is 0. The first-order valence-electron chi connectivity index (χ1n) is 8.00. The molecule has 1 amide bonds. The maximum absolute atomic E-state index is 13.2. The van der Waals surface area contributed by atoms with Crippen LogP contribution in [0.5, 0.6) is 0 Å². The smallest absolute Gasteiger partial charge is 0.256 e. The van der Waals surface area contributed by atoms with Crippen LogP contribution in [0.4, 0.5) is 26.0 Å². The van der Waals surface area contributed by atoms with Gasteiger partial charge in [-0.05, 0) is 55.3 Å². The zero-order valence-electron chi connectivity index (χ0n) is 14.3. The Labute approximate surface area is 149 Å². The van der Waals surface area contributed by atoms with Crippen molar-refractivity contribution in [1.29, 1.82) is 0 Å². The highest BCUT2D eigenvalue weighted by Crippen LogP contribution is 2.24. The minimum absolute atomic E-state index is 0.0171. The summed E-state index contributed by atoms with van der Waals surface area (Å²) in [4.78, 5) is 16.3. The average molecular weight is 353 g/mol. The highest BCUT2D eigenvalue weighted by molar-refractivity contribution is 6.03. The van der Waals surface area contributed by atoms with Crippen molar-refractivity contribution in [2.24, 2.45) is 0 Å². The van der Waals surface area contributed by atoms with Gasteiger partial charge in [0.15, 0.2) is 11.6 Å². The summed E-state index contributed by atoms with van der Waals surface area (Å²) in [5.74, 6) is -2.32. The van der Waals surface area contributed by atoms with E-state index in [4.69, 9.17) is 0 Å². The lowest BCUT2D eigenvalue weighted by atomic mass is 10.1. The first-order chi connectivity index (χ1) is 12.4. The van der Waals surface area contributed by atoms with Crippen molar-refractivity contribution in [3.05, 3.63) is 83.1 Å². The van der Waals surface area contributed by atoms with Crippen molar-refractivity contribution >= 4 is 23.1 Å². The molecular formula is C20H17F2N3O. The fourth-order valence-electron chi connectivity index (χ4n) is 2.52. The van der Waals surface area contributed by atoms with Crippen LogP contribution in [0.15, 0.2) is 54.7 Å². The third kappa shape index (κ3) is 3.85. The lowest BCUT2D eigenvalue weighted by molar-refractivity contribution is 0.102. The fraction of sp³-hybridized carbons (Fsp3) is 0.100. The van der Waals surface area contributed by atoms with E-state index in [1.54, 1.807) is 18.3 Å². The number of halogens is 2. The number of para-hydroxylation sites is 1. The van der Waals surface area contributed by atoms with Crippen LogP contribution in [0.2, 0.25) is 0 Å². The predicted molar refractivity (Wildman–Crippen MR) is 97.7 cm³/mol. The number of aryl methyl sites for hydroxylation is 2. The molecule has 0 fully saturated rings. The van der Waals surface area contributed by atoms with Crippen molar-refractivity contribution in [3.8, 4) is 0 Å². The van der Waals surface area contributed by atoms with Gasteiger partial charge >= 0.3 is 0 Å². The van der Waals surface area contributed by atoms with E-state index in [-0.39, 0.29) is 5.56 Å². The molecule has 3 aromatic rings. The second-order valence-corrected chi connectivity index (χ2v) is 5.91. The number of nitrogens with zero attached hydrogens (tertiary/aromatic N) is 1. The number of anilines is 3. The maximum Gasteiger partial charge on any atom is 0.256 e. The van der Waals surface area contributed by atoms with Gasteiger partial charge in [0.25, 0.3) is 5.91 Å². The third-order valence-electron chi connectivity index (χ3n) is 3.94. The van der Waals surface area contributed by atoms with Crippen LogP contribution in [0.3, 0.4) is 0 Å². The van der Waals surface area contributed by atoms with Gasteiger partial charge in [0, 0.05) is 11.3 Å². The van der Waals surface area contributed by atoms with Gasteiger partial charge in [-0.15, -0.1) is 0 Å². The molecule has 4 nitrogen and oxygen atoms in total. The van der Waals surface area contributed by atoms with Gasteiger partial charge in [-0.25, -0.2) is 13.8 Å². The molecule has 0 saturated heterocycles. The molecule has 0 bridgehead atoms. The van der Waals surface area contributed by atoms with E-state index in [9.17, 15) is 13.6 Å². The molecule has 1 heterocycles. The summed E-state index contributed by atoms with van der Waals surface area (Å²) in [6, 6.07) is 12.4. The van der Waals surface area contributed by atoms with Gasteiger partial charge < -0.3 is 10.6 Å². The Morgan fingerprint density at radius 2 is 1.69 bits per heavy atom. The first-order valence-corrected chi connectivity index (χ1v) is 8.00. The Morgan fingerprint density at radius 1 is 0.962 bits per heavy atom. The molecule has 0 aliphatic carbocycles. The number of aromatic nitrogens is 1. The normalized spacial score (nSPS) is 10.5. The number of benzene rings is 2. The highest BCUT2D eigenvalue weighted by Gasteiger charge is 2.11. The van der Waals surface area contributed by atoms with Crippen LogP contribution in [0.1, 0.15) is 21.5 Å². The van der Waals surface area contributed by atoms with E-state index < -0.39 is 17.5 Å². The molecule has 0 aliphatic rings. The second-order valence-electron chi connectivity index (χ2n) is 5.91. The fourth-order valence-corrected chi connectivity index (χ4v) is 2.52. The van der Waals surface area contributed by atoms with Crippen LogP contribution in [-0.4, -0.2) is 10.9 Å². The minimum Gasteiger partial charge on any atom is -0.354 e. The molecule has 0 aliphatic heterocycles. The topological polar surface area (TPSA) is 54.0 Å². The lowest BCUT2D eigenvalue weighted by Gasteiger charge is -2.13. The van der Waals surface area contributed by atoms with E-state index in [0.717, 1.165) is 34.6 Å². The highest BCUT2D eigenvalue weighted by atomic mass is 19.2. The number of carbonyl (C=O) groups is 1. The monoisotopic (exact) mass is 353 g/mol. The van der Waals surface area contributed by atoms with Crippen LogP contribution < -0.4 is 10.6 Å².